The van der Waals surface area contributed by atoms with Crippen molar-refractivity contribution in [1.82, 2.24) is 5.32 Å². The average Bonchev–Trinajstić information content (AvgIpc) is 2.99. The maximum absolute atomic E-state index is 12.9. The van der Waals surface area contributed by atoms with E-state index in [4.69, 9.17) is 4.74 Å². The summed E-state index contributed by atoms with van der Waals surface area (Å²) in [5.74, 6) is 0.319. The van der Waals surface area contributed by atoms with Gasteiger partial charge in [-0.1, -0.05) is 13.3 Å². The first-order chi connectivity index (χ1) is 12.7. The lowest BCUT2D eigenvalue weighted by molar-refractivity contribution is -0.884. The summed E-state index contributed by atoms with van der Waals surface area (Å²) < 4.78 is 5.73. The largest absolute Gasteiger partial charge is 1.00 e. The van der Waals surface area contributed by atoms with Crippen molar-refractivity contribution in [2.45, 2.75) is 81.1 Å². The molecule has 28 heavy (non-hydrogen) atoms. The van der Waals surface area contributed by atoms with E-state index in [1.807, 2.05) is 7.05 Å². The summed E-state index contributed by atoms with van der Waals surface area (Å²) in [6.45, 7) is 4.58. The van der Waals surface area contributed by atoms with Gasteiger partial charge in [-0.05, 0) is 19.6 Å². The number of aliphatic hydroxyl groups is 4. The second-order valence-corrected chi connectivity index (χ2v) is 8.88. The first-order valence-corrected chi connectivity index (χ1v) is 11.0. The normalized spacial score (nSPS) is 40.4. The second kappa shape index (κ2) is 11.3. The van der Waals surface area contributed by atoms with Crippen molar-refractivity contribution in [3.05, 3.63) is 0 Å². The summed E-state index contributed by atoms with van der Waals surface area (Å²) in [6, 6.07) is -1.10. The molecule has 0 spiro atoms. The molecule has 0 aromatic heterocycles. The van der Waals surface area contributed by atoms with Gasteiger partial charge < -0.3 is 47.8 Å². The molecule has 2 aliphatic heterocycles. The number of amides is 1. The Hall–Kier alpha value is -0.130. The minimum atomic E-state index is -1.41. The topological polar surface area (TPSA) is 124 Å². The highest BCUT2D eigenvalue weighted by molar-refractivity contribution is 7.99. The van der Waals surface area contributed by atoms with Crippen molar-refractivity contribution in [3.8, 4) is 0 Å². The van der Waals surface area contributed by atoms with Crippen LogP contribution in [0.5, 0.6) is 0 Å². The zero-order valence-corrected chi connectivity index (χ0v) is 18.5. The Morgan fingerprint density at radius 3 is 2.46 bits per heavy atom. The fourth-order valence-corrected chi connectivity index (χ4v) is 4.96. The molecule has 0 saturated carbocycles. The molecule has 0 aromatic rings. The Bertz CT molecular complexity index is 501. The summed E-state index contributed by atoms with van der Waals surface area (Å²) in [5.41, 5.74) is -0.750. The van der Waals surface area contributed by atoms with Gasteiger partial charge in [-0.2, -0.15) is 0 Å². The molecule has 2 saturated heterocycles. The van der Waals surface area contributed by atoms with Gasteiger partial charge >= 0.3 is 0 Å². The summed E-state index contributed by atoms with van der Waals surface area (Å²) >= 11 is 1.20. The quantitative estimate of drug-likeness (QED) is 0.233. The molecule has 0 bridgehead atoms. The van der Waals surface area contributed by atoms with Gasteiger partial charge in [0.2, 0.25) is 0 Å². The van der Waals surface area contributed by atoms with Crippen LogP contribution in [0.2, 0.25) is 0 Å². The number of rotatable bonds is 7. The first kappa shape index (κ1) is 25.9. The highest BCUT2D eigenvalue weighted by Crippen LogP contribution is 2.29. The van der Waals surface area contributed by atoms with Gasteiger partial charge in [0.1, 0.15) is 29.9 Å². The zero-order chi connectivity index (χ0) is 20.3. The number of thioether (sulfide) groups is 1. The molecule has 2 rings (SSSR count). The lowest BCUT2D eigenvalue weighted by Crippen LogP contribution is -3.12. The van der Waals surface area contributed by atoms with E-state index in [0.717, 1.165) is 30.7 Å². The van der Waals surface area contributed by atoms with Crippen LogP contribution in [0.1, 0.15) is 33.1 Å². The number of likely N-dealkylation sites (N-methyl/N-ethyl adjacent to an activating group) is 1. The van der Waals surface area contributed by atoms with E-state index >= 15 is 0 Å². The number of nitrogens with one attached hydrogen (secondary N) is 2. The van der Waals surface area contributed by atoms with Crippen LogP contribution in [-0.2, 0) is 9.53 Å². The predicted octanol–water partition coefficient (Wildman–Crippen LogP) is -5.27. The van der Waals surface area contributed by atoms with Crippen molar-refractivity contribution < 1.29 is 47.3 Å². The van der Waals surface area contributed by atoms with Crippen LogP contribution >= 0.6 is 11.8 Å². The number of carbonyl (C=O) groups excluding carboxylic acids is 1. The smallest absolute Gasteiger partial charge is 0.278 e. The molecule has 0 radical (unpaired) electrons. The molecular formula is C18H35ClN2O6S. The van der Waals surface area contributed by atoms with Gasteiger partial charge in [0.15, 0.2) is 6.04 Å². The van der Waals surface area contributed by atoms with Crippen LogP contribution in [-0.4, -0.2) is 94.2 Å². The molecule has 10 heteroatoms. The lowest BCUT2D eigenvalue weighted by atomic mass is 9.92. The summed E-state index contributed by atoms with van der Waals surface area (Å²) in [7, 11) is 1.99. The molecule has 2 heterocycles. The van der Waals surface area contributed by atoms with Gasteiger partial charge in [0.25, 0.3) is 5.91 Å². The Kier molecular flexibility index (Phi) is 10.5. The van der Waals surface area contributed by atoms with E-state index in [1.165, 1.54) is 18.7 Å². The molecule has 2 aliphatic rings. The standard InChI is InChI=1S/C18H34N2O6S.ClH/c1-5-6-10-7-11(20(3)8-10)17(25)19-12(9(2)21)16-14(23)13(22)15(24)18(26-16)27-4;/h9-16,18,21-24H,5-8H2,1-4H3,(H,19,25);1H/t9-,10-,11+,12-,13+,14-,15-,16-,18-;/m1./s1. The van der Waals surface area contributed by atoms with Crippen LogP contribution in [0.25, 0.3) is 0 Å². The number of hydrogen-bond acceptors (Lipinski definition) is 7. The minimum Gasteiger partial charge on any atom is -1.00 e. The van der Waals surface area contributed by atoms with Crippen LogP contribution < -0.4 is 22.6 Å². The molecule has 1 unspecified atom stereocenters. The third kappa shape index (κ3) is 5.72. The van der Waals surface area contributed by atoms with E-state index in [1.54, 1.807) is 6.26 Å². The van der Waals surface area contributed by atoms with Crippen molar-refractivity contribution in [2.24, 2.45) is 5.92 Å². The van der Waals surface area contributed by atoms with Gasteiger partial charge in [-0.3, -0.25) is 4.79 Å². The van der Waals surface area contributed by atoms with E-state index in [-0.39, 0.29) is 24.4 Å². The van der Waals surface area contributed by atoms with Crippen LogP contribution in [0.15, 0.2) is 0 Å². The number of hydrogen-bond donors (Lipinski definition) is 6. The van der Waals surface area contributed by atoms with E-state index in [9.17, 15) is 25.2 Å². The maximum Gasteiger partial charge on any atom is 0.278 e. The van der Waals surface area contributed by atoms with Gasteiger partial charge in [0.05, 0.1) is 25.7 Å². The molecular weight excluding hydrogens is 408 g/mol. The number of likely N-dealkylation sites (tertiary alicyclic amines) is 1. The first-order valence-electron chi connectivity index (χ1n) is 9.74. The fourth-order valence-electron chi connectivity index (χ4n) is 4.28. The van der Waals surface area contributed by atoms with Crippen LogP contribution in [0.4, 0.5) is 0 Å². The fraction of sp³-hybridized carbons (Fsp3) is 0.944. The molecule has 166 valence electrons. The SMILES string of the molecule is CCC[C@@H]1C[C@@H](C(=O)N[C@@H]([C@H]2O[C@H](SC)[C@H](O)[C@@H](O)[C@H]2O)[C@@H](C)O)[NH+](C)C1.[Cl-]. The zero-order valence-electron chi connectivity index (χ0n) is 16.9. The monoisotopic (exact) mass is 442 g/mol. The third-order valence-corrected chi connectivity index (χ3v) is 6.66. The van der Waals surface area contributed by atoms with Crippen molar-refractivity contribution >= 4 is 17.7 Å². The molecule has 8 nitrogen and oxygen atoms in total. The van der Waals surface area contributed by atoms with Crippen molar-refractivity contribution in [1.29, 1.82) is 0 Å². The number of halogens is 1. The highest BCUT2D eigenvalue weighted by atomic mass is 35.5. The molecule has 2 fully saturated rings. The molecule has 10 atom stereocenters. The summed E-state index contributed by atoms with van der Waals surface area (Å²) in [4.78, 5) is 14.0. The van der Waals surface area contributed by atoms with Gasteiger partial charge in [-0.15, -0.1) is 11.8 Å². The second-order valence-electron chi connectivity index (χ2n) is 7.95. The predicted molar refractivity (Wildman–Crippen MR) is 102 cm³/mol. The minimum absolute atomic E-state index is 0. The number of carbonyl (C=O) groups is 1. The average molecular weight is 443 g/mol. The van der Waals surface area contributed by atoms with Crippen LogP contribution in [0, 0.1) is 5.92 Å². The van der Waals surface area contributed by atoms with Gasteiger partial charge in [0, 0.05) is 12.3 Å². The Morgan fingerprint density at radius 1 is 1.29 bits per heavy atom. The molecule has 0 aromatic carbocycles. The molecule has 6 N–H and O–H groups in total. The number of aliphatic hydroxyl groups excluding tert-OH is 4. The Balaban J connectivity index is 0.00000392. The highest BCUT2D eigenvalue weighted by Gasteiger charge is 2.49. The Morgan fingerprint density at radius 2 is 1.93 bits per heavy atom. The lowest BCUT2D eigenvalue weighted by Gasteiger charge is -2.44. The molecule has 0 aliphatic carbocycles. The van der Waals surface area contributed by atoms with E-state index in [0.29, 0.717) is 5.92 Å². The van der Waals surface area contributed by atoms with Crippen molar-refractivity contribution in [2.75, 3.05) is 19.8 Å². The van der Waals surface area contributed by atoms with E-state index in [2.05, 4.69) is 12.2 Å². The maximum atomic E-state index is 12.9. The summed E-state index contributed by atoms with van der Waals surface area (Å²) in [6.07, 6.45) is -1.39. The number of quaternary nitrogens is 1. The van der Waals surface area contributed by atoms with Crippen molar-refractivity contribution in [3.63, 3.8) is 0 Å². The van der Waals surface area contributed by atoms with Gasteiger partial charge in [-0.25, -0.2) is 0 Å². The Labute approximate surface area is 177 Å². The van der Waals surface area contributed by atoms with Crippen LogP contribution in [0.3, 0.4) is 0 Å². The number of ether oxygens (including phenoxy) is 1. The van der Waals surface area contributed by atoms with E-state index < -0.39 is 42.0 Å². The molecule has 1 amide bonds. The third-order valence-electron chi connectivity index (χ3n) is 5.81. The summed E-state index contributed by atoms with van der Waals surface area (Å²) in [5, 5.41) is 43.6.